The number of fused-ring (bicyclic) bond motifs is 2. The fraction of sp³-hybridized carbons (Fsp3) is 0.250. The third-order valence-corrected chi connectivity index (χ3v) is 7.45. The van der Waals surface area contributed by atoms with Crippen LogP contribution in [0.25, 0.3) is 39.8 Å². The Balaban J connectivity index is 1.56. The fourth-order valence-corrected chi connectivity index (χ4v) is 5.23. The molecule has 0 fully saturated rings. The van der Waals surface area contributed by atoms with E-state index in [0.717, 1.165) is 28.4 Å². The minimum Gasteiger partial charge on any atom is -0.477 e. The van der Waals surface area contributed by atoms with E-state index in [-0.39, 0.29) is 5.57 Å². The van der Waals surface area contributed by atoms with Gasteiger partial charge in [0.05, 0.1) is 0 Å². The maximum atomic E-state index is 11.1. The topological polar surface area (TPSA) is 64.3 Å². The minimum absolute atomic E-state index is 0.263. The lowest BCUT2D eigenvalue weighted by Gasteiger charge is -2.25. The zero-order chi connectivity index (χ0) is 26.2. The Hall–Kier alpha value is -3.88. The average molecular weight is 509 g/mol. The van der Waals surface area contributed by atoms with Crippen LogP contribution in [0.4, 0.5) is 5.69 Å². The third kappa shape index (κ3) is 6.67. The van der Waals surface area contributed by atoms with Gasteiger partial charge in [0.1, 0.15) is 11.6 Å². The Morgan fingerprint density at radius 2 is 1.51 bits per heavy atom. The highest BCUT2D eigenvalue weighted by atomic mass is 32.1. The first kappa shape index (κ1) is 26.2. The molecule has 0 saturated heterocycles. The standard InChI is InChI=1S/C32H32N2O2S/c1-3-5-15-34(16-6-4-2)29-11-10-25-18-26-17-23(7-9-24(26)19-27(25)20-29)8-12-30-13-14-31(37-30)21-28(22-33)32(35)36/h7-14,17-21H,3-6,15-16H2,1-2H3,(H,35,36)/b12-8+,28-21+. The van der Waals surface area contributed by atoms with Crippen molar-refractivity contribution in [2.75, 3.05) is 18.0 Å². The molecular weight excluding hydrogens is 476 g/mol. The summed E-state index contributed by atoms with van der Waals surface area (Å²) < 4.78 is 0. The van der Waals surface area contributed by atoms with Crippen LogP contribution >= 0.6 is 11.3 Å². The molecule has 1 heterocycles. The number of nitrogens with zero attached hydrogens (tertiary/aromatic N) is 2. The number of anilines is 1. The van der Waals surface area contributed by atoms with Gasteiger partial charge in [-0.05, 0) is 94.6 Å². The van der Waals surface area contributed by atoms with Gasteiger partial charge in [-0.1, -0.05) is 51.0 Å². The molecule has 4 rings (SSSR count). The highest BCUT2D eigenvalue weighted by molar-refractivity contribution is 7.13. The van der Waals surface area contributed by atoms with Crippen LogP contribution in [-0.4, -0.2) is 24.2 Å². The zero-order valence-electron chi connectivity index (χ0n) is 21.4. The summed E-state index contributed by atoms with van der Waals surface area (Å²) in [5.74, 6) is -1.21. The van der Waals surface area contributed by atoms with Gasteiger partial charge in [-0.3, -0.25) is 0 Å². The van der Waals surface area contributed by atoms with Crippen LogP contribution in [0.3, 0.4) is 0 Å². The first-order valence-electron chi connectivity index (χ1n) is 12.9. The van der Waals surface area contributed by atoms with Crippen LogP contribution in [0.1, 0.15) is 54.8 Å². The van der Waals surface area contributed by atoms with Crippen molar-refractivity contribution in [2.45, 2.75) is 39.5 Å². The number of thiophene rings is 1. The molecule has 188 valence electrons. The molecule has 0 bridgehead atoms. The van der Waals surface area contributed by atoms with E-state index in [2.05, 4.69) is 73.4 Å². The van der Waals surface area contributed by atoms with E-state index in [1.807, 2.05) is 18.2 Å². The molecule has 0 atom stereocenters. The Morgan fingerprint density at radius 1 is 0.865 bits per heavy atom. The Morgan fingerprint density at radius 3 is 2.16 bits per heavy atom. The molecule has 5 heteroatoms. The quantitative estimate of drug-likeness (QED) is 0.125. The van der Waals surface area contributed by atoms with Crippen molar-refractivity contribution < 1.29 is 9.90 Å². The lowest BCUT2D eigenvalue weighted by atomic mass is 10.0. The Labute approximate surface area is 222 Å². The van der Waals surface area contributed by atoms with Crippen molar-refractivity contribution in [3.8, 4) is 6.07 Å². The summed E-state index contributed by atoms with van der Waals surface area (Å²) in [4.78, 5) is 15.3. The molecule has 4 nitrogen and oxygen atoms in total. The summed E-state index contributed by atoms with van der Waals surface area (Å²) >= 11 is 1.45. The van der Waals surface area contributed by atoms with E-state index in [4.69, 9.17) is 10.4 Å². The van der Waals surface area contributed by atoms with Gasteiger partial charge in [0, 0.05) is 28.5 Å². The van der Waals surface area contributed by atoms with E-state index in [9.17, 15) is 4.79 Å². The second-order valence-electron chi connectivity index (χ2n) is 9.23. The van der Waals surface area contributed by atoms with Crippen LogP contribution in [0.15, 0.2) is 66.2 Å². The summed E-state index contributed by atoms with van der Waals surface area (Å²) in [6.45, 7) is 6.70. The van der Waals surface area contributed by atoms with Gasteiger partial charge in [-0.15, -0.1) is 11.3 Å². The number of benzene rings is 3. The predicted octanol–water partition coefficient (Wildman–Crippen LogP) is 8.62. The molecule has 0 radical (unpaired) electrons. The highest BCUT2D eigenvalue weighted by Gasteiger charge is 2.08. The number of aliphatic carboxylic acids is 1. The number of carboxylic acid groups (broad SMARTS) is 1. The number of hydrogen-bond acceptors (Lipinski definition) is 4. The maximum Gasteiger partial charge on any atom is 0.346 e. The SMILES string of the molecule is CCCCN(CCCC)c1ccc2cc3cc(/C=C/c4ccc(/C=C(\C#N)C(=O)O)s4)ccc3cc2c1. The lowest BCUT2D eigenvalue weighted by Crippen LogP contribution is -2.25. The van der Waals surface area contributed by atoms with Gasteiger partial charge in [0.15, 0.2) is 0 Å². The number of hydrogen-bond donors (Lipinski definition) is 1. The van der Waals surface area contributed by atoms with E-state index in [1.54, 1.807) is 6.07 Å². The second-order valence-corrected chi connectivity index (χ2v) is 10.4. The number of carbonyl (C=O) groups is 1. The summed E-state index contributed by atoms with van der Waals surface area (Å²) in [6.07, 6.45) is 10.3. The van der Waals surface area contributed by atoms with Crippen molar-refractivity contribution in [2.24, 2.45) is 0 Å². The molecule has 0 aliphatic carbocycles. The summed E-state index contributed by atoms with van der Waals surface area (Å²) in [7, 11) is 0. The van der Waals surface area contributed by atoms with E-state index in [1.165, 1.54) is 70.3 Å². The van der Waals surface area contributed by atoms with Crippen molar-refractivity contribution in [1.82, 2.24) is 0 Å². The summed E-state index contributed by atoms with van der Waals surface area (Å²) in [5, 5.41) is 22.9. The van der Waals surface area contributed by atoms with Gasteiger partial charge in [0.2, 0.25) is 0 Å². The van der Waals surface area contributed by atoms with Crippen LogP contribution in [0, 0.1) is 11.3 Å². The second kappa shape index (κ2) is 12.4. The van der Waals surface area contributed by atoms with Gasteiger partial charge in [0.25, 0.3) is 0 Å². The number of nitriles is 1. The first-order valence-corrected chi connectivity index (χ1v) is 13.7. The molecule has 0 saturated carbocycles. The molecular formula is C32H32N2O2S. The minimum atomic E-state index is -1.21. The lowest BCUT2D eigenvalue weighted by molar-refractivity contribution is -0.132. The number of rotatable bonds is 11. The van der Waals surface area contributed by atoms with Crippen molar-refractivity contribution in [3.63, 3.8) is 0 Å². The van der Waals surface area contributed by atoms with Gasteiger partial charge < -0.3 is 10.0 Å². The zero-order valence-corrected chi connectivity index (χ0v) is 22.2. The maximum absolute atomic E-state index is 11.1. The molecule has 0 spiro atoms. The van der Waals surface area contributed by atoms with E-state index < -0.39 is 5.97 Å². The molecule has 0 amide bonds. The average Bonchev–Trinajstić information content (AvgIpc) is 3.36. The molecule has 1 aromatic heterocycles. The largest absolute Gasteiger partial charge is 0.477 e. The van der Waals surface area contributed by atoms with Crippen LogP contribution < -0.4 is 4.90 Å². The van der Waals surface area contributed by atoms with Crippen molar-refractivity contribution >= 4 is 62.8 Å². The Bertz CT molecular complexity index is 1500. The summed E-state index contributed by atoms with van der Waals surface area (Å²) in [5.41, 5.74) is 2.15. The first-order chi connectivity index (χ1) is 18.0. The molecule has 4 aromatic rings. The van der Waals surface area contributed by atoms with Crippen LogP contribution in [-0.2, 0) is 4.79 Å². The highest BCUT2D eigenvalue weighted by Crippen LogP contribution is 2.29. The van der Waals surface area contributed by atoms with E-state index >= 15 is 0 Å². The number of unbranched alkanes of at least 4 members (excludes halogenated alkanes) is 2. The Kier molecular flexibility index (Phi) is 8.77. The smallest absolute Gasteiger partial charge is 0.346 e. The van der Waals surface area contributed by atoms with E-state index in [0.29, 0.717) is 0 Å². The molecule has 0 aliphatic rings. The molecule has 3 aromatic carbocycles. The van der Waals surface area contributed by atoms with Gasteiger partial charge in [-0.25, -0.2) is 4.79 Å². The van der Waals surface area contributed by atoms with Gasteiger partial charge >= 0.3 is 5.97 Å². The summed E-state index contributed by atoms with van der Waals surface area (Å²) in [6, 6.07) is 23.3. The van der Waals surface area contributed by atoms with Gasteiger partial charge in [-0.2, -0.15) is 5.26 Å². The van der Waals surface area contributed by atoms with Crippen LogP contribution in [0.5, 0.6) is 0 Å². The normalized spacial score (nSPS) is 11.9. The molecule has 37 heavy (non-hydrogen) atoms. The molecule has 0 unspecified atom stereocenters. The third-order valence-electron chi connectivity index (χ3n) is 6.46. The molecule has 0 aliphatic heterocycles. The predicted molar refractivity (Wildman–Crippen MR) is 158 cm³/mol. The van der Waals surface area contributed by atoms with Crippen LogP contribution in [0.2, 0.25) is 0 Å². The fourth-order valence-electron chi connectivity index (χ4n) is 4.37. The van der Waals surface area contributed by atoms with Crippen molar-refractivity contribution in [1.29, 1.82) is 5.26 Å². The van der Waals surface area contributed by atoms with Crippen molar-refractivity contribution in [3.05, 3.63) is 81.6 Å². The molecule has 1 N–H and O–H groups in total. The monoisotopic (exact) mass is 508 g/mol. The number of carboxylic acids is 1.